The average Bonchev–Trinajstić information content (AvgIpc) is 2.60. The van der Waals surface area contributed by atoms with E-state index in [1.807, 2.05) is 18.2 Å². The number of hydrogen-bond acceptors (Lipinski definition) is 4. The van der Waals surface area contributed by atoms with Crippen molar-refractivity contribution in [1.29, 1.82) is 5.26 Å². The number of benzene rings is 1. The van der Waals surface area contributed by atoms with Crippen LogP contribution in [0.2, 0.25) is 0 Å². The number of aliphatic imine (C=N–C) groups is 1. The molecule has 1 aromatic heterocycles. The molecule has 7 heteroatoms. The number of anilines is 1. The van der Waals surface area contributed by atoms with Gasteiger partial charge < -0.3 is 16.4 Å². The molecule has 0 aliphatic rings. The molecule has 6 nitrogen and oxygen atoms in total. The summed E-state index contributed by atoms with van der Waals surface area (Å²) in [6.45, 7) is 1.85. The third-order valence-electron chi connectivity index (χ3n) is 3.18. The molecule has 0 saturated carbocycles. The minimum absolute atomic E-state index is 0. The summed E-state index contributed by atoms with van der Waals surface area (Å²) >= 11 is 0. The van der Waals surface area contributed by atoms with E-state index in [-0.39, 0.29) is 24.0 Å². The first-order chi connectivity index (χ1) is 11.3. The second-order valence-corrected chi connectivity index (χ2v) is 4.87. The number of pyridine rings is 1. The molecule has 0 fully saturated rings. The Morgan fingerprint density at radius 2 is 1.96 bits per heavy atom. The largest absolute Gasteiger partial charge is 0.370 e. The van der Waals surface area contributed by atoms with Gasteiger partial charge in [-0.2, -0.15) is 5.26 Å². The van der Waals surface area contributed by atoms with Gasteiger partial charge in [-0.3, -0.25) is 4.99 Å². The minimum atomic E-state index is 0. The quantitative estimate of drug-likeness (QED) is 0.267. The van der Waals surface area contributed by atoms with Crippen LogP contribution in [0.25, 0.3) is 0 Å². The van der Waals surface area contributed by atoms with E-state index < -0.39 is 0 Å². The summed E-state index contributed by atoms with van der Waals surface area (Å²) in [4.78, 5) is 8.41. The first-order valence-corrected chi connectivity index (χ1v) is 7.46. The Bertz CT molecular complexity index is 681. The number of hydrogen-bond donors (Lipinski definition) is 3. The maximum atomic E-state index is 8.97. The Balaban J connectivity index is 0.00000288. The van der Waals surface area contributed by atoms with Crippen LogP contribution < -0.4 is 16.4 Å². The number of nitrogens with two attached hydrogens (primary N) is 1. The lowest BCUT2D eigenvalue weighted by Gasteiger charge is -2.08. The van der Waals surface area contributed by atoms with Gasteiger partial charge in [-0.25, -0.2) is 4.98 Å². The van der Waals surface area contributed by atoms with Crippen LogP contribution in [0, 0.1) is 11.3 Å². The lowest BCUT2D eigenvalue weighted by Crippen LogP contribution is -2.35. The maximum Gasteiger partial charge on any atom is 0.188 e. The molecule has 1 heterocycles. The standard InChI is InChI=1S/C17H20N6.HI/c18-13-15-7-4-9-20-16(15)21-11-12-23-17(19)22-10-8-14-5-2-1-3-6-14;/h1-7,9H,8,10-12H2,(H,20,21)(H3,19,22,23);1H. The highest BCUT2D eigenvalue weighted by Gasteiger charge is 2.00. The van der Waals surface area contributed by atoms with Crippen molar-refractivity contribution in [1.82, 2.24) is 10.3 Å². The lowest BCUT2D eigenvalue weighted by molar-refractivity contribution is 0.871. The second kappa shape index (κ2) is 11.2. The number of halogens is 1. The van der Waals surface area contributed by atoms with Gasteiger partial charge in [0.1, 0.15) is 11.9 Å². The molecule has 0 aliphatic heterocycles. The van der Waals surface area contributed by atoms with Crippen LogP contribution in [0.4, 0.5) is 5.82 Å². The van der Waals surface area contributed by atoms with Crippen LogP contribution in [0.15, 0.2) is 53.7 Å². The van der Waals surface area contributed by atoms with Gasteiger partial charge in [0.25, 0.3) is 0 Å². The zero-order valence-corrected chi connectivity index (χ0v) is 15.6. The van der Waals surface area contributed by atoms with Crippen LogP contribution in [0.1, 0.15) is 11.1 Å². The van der Waals surface area contributed by atoms with Crippen molar-refractivity contribution in [2.24, 2.45) is 10.7 Å². The topological polar surface area (TPSA) is 99.1 Å². The highest BCUT2D eigenvalue weighted by molar-refractivity contribution is 14.0. The van der Waals surface area contributed by atoms with Crippen molar-refractivity contribution in [2.45, 2.75) is 6.42 Å². The third kappa shape index (κ3) is 6.83. The number of nitrogens with zero attached hydrogens (tertiary/aromatic N) is 3. The number of nitrogens with one attached hydrogen (secondary N) is 2. The van der Waals surface area contributed by atoms with E-state index in [0.717, 1.165) is 6.42 Å². The molecule has 0 saturated heterocycles. The van der Waals surface area contributed by atoms with Gasteiger partial charge in [-0.05, 0) is 24.1 Å². The Labute approximate surface area is 159 Å². The van der Waals surface area contributed by atoms with Crippen molar-refractivity contribution >= 4 is 35.8 Å². The molecule has 0 spiro atoms. The summed E-state index contributed by atoms with van der Waals surface area (Å²) < 4.78 is 0. The molecule has 0 radical (unpaired) electrons. The minimum Gasteiger partial charge on any atom is -0.370 e. The molecule has 0 unspecified atom stereocenters. The fraction of sp³-hybridized carbons (Fsp3) is 0.235. The Kier molecular flexibility index (Phi) is 9.23. The molecule has 0 atom stereocenters. The maximum absolute atomic E-state index is 8.97. The summed E-state index contributed by atoms with van der Waals surface area (Å²) in [5.41, 5.74) is 7.58. The highest BCUT2D eigenvalue weighted by Crippen LogP contribution is 2.08. The summed E-state index contributed by atoms with van der Waals surface area (Å²) in [7, 11) is 0. The molecule has 0 bridgehead atoms. The summed E-state index contributed by atoms with van der Waals surface area (Å²) in [5, 5.41) is 15.1. The van der Waals surface area contributed by atoms with Gasteiger partial charge in [-0.1, -0.05) is 30.3 Å². The normalized spacial score (nSPS) is 10.4. The molecule has 0 amide bonds. The predicted molar refractivity (Wildman–Crippen MR) is 107 cm³/mol. The first-order valence-electron chi connectivity index (χ1n) is 7.46. The predicted octanol–water partition coefficient (Wildman–Crippen LogP) is 2.13. The summed E-state index contributed by atoms with van der Waals surface area (Å²) in [6.07, 6.45) is 2.51. The van der Waals surface area contributed by atoms with Crippen molar-refractivity contribution in [2.75, 3.05) is 25.0 Å². The van der Waals surface area contributed by atoms with Crippen LogP contribution >= 0.6 is 24.0 Å². The molecular formula is C17H21IN6. The van der Waals surface area contributed by atoms with Crippen LogP contribution in [0.5, 0.6) is 0 Å². The SMILES string of the molecule is I.N#Cc1cccnc1NCCNC(N)=NCCc1ccccc1. The Morgan fingerprint density at radius 1 is 1.17 bits per heavy atom. The monoisotopic (exact) mass is 436 g/mol. The molecule has 1 aromatic carbocycles. The van der Waals surface area contributed by atoms with Gasteiger partial charge in [0.15, 0.2) is 5.96 Å². The first kappa shape index (κ1) is 19.7. The van der Waals surface area contributed by atoms with Crippen molar-refractivity contribution in [3.8, 4) is 6.07 Å². The van der Waals surface area contributed by atoms with E-state index in [9.17, 15) is 0 Å². The smallest absolute Gasteiger partial charge is 0.188 e. The van der Waals surface area contributed by atoms with Crippen molar-refractivity contribution in [3.05, 3.63) is 59.8 Å². The zero-order valence-electron chi connectivity index (χ0n) is 13.3. The number of rotatable bonds is 7. The van der Waals surface area contributed by atoms with Gasteiger partial charge in [0.05, 0.1) is 5.56 Å². The fourth-order valence-electron chi connectivity index (χ4n) is 2.01. The molecular weight excluding hydrogens is 415 g/mol. The van der Waals surface area contributed by atoms with Crippen LogP contribution in [0.3, 0.4) is 0 Å². The average molecular weight is 436 g/mol. The van der Waals surface area contributed by atoms with Crippen molar-refractivity contribution in [3.63, 3.8) is 0 Å². The van der Waals surface area contributed by atoms with E-state index in [1.54, 1.807) is 18.3 Å². The van der Waals surface area contributed by atoms with E-state index in [0.29, 0.717) is 37.0 Å². The molecule has 2 aromatic rings. The molecule has 0 aliphatic carbocycles. The Hall–Kier alpha value is -2.34. The fourth-order valence-corrected chi connectivity index (χ4v) is 2.01. The Morgan fingerprint density at radius 3 is 2.71 bits per heavy atom. The third-order valence-corrected chi connectivity index (χ3v) is 3.18. The van der Waals surface area contributed by atoms with Crippen LogP contribution in [-0.2, 0) is 6.42 Å². The summed E-state index contributed by atoms with van der Waals surface area (Å²) in [6, 6.07) is 15.7. The van der Waals surface area contributed by atoms with Gasteiger partial charge in [0, 0.05) is 25.8 Å². The second-order valence-electron chi connectivity index (χ2n) is 4.87. The number of nitriles is 1. The molecule has 24 heavy (non-hydrogen) atoms. The van der Waals surface area contributed by atoms with Gasteiger partial charge in [0.2, 0.25) is 0 Å². The van der Waals surface area contributed by atoms with Crippen LogP contribution in [-0.4, -0.2) is 30.6 Å². The molecule has 4 N–H and O–H groups in total. The van der Waals surface area contributed by atoms with E-state index in [4.69, 9.17) is 11.0 Å². The van der Waals surface area contributed by atoms with Gasteiger partial charge >= 0.3 is 0 Å². The van der Waals surface area contributed by atoms with E-state index in [1.165, 1.54) is 5.56 Å². The van der Waals surface area contributed by atoms with Crippen molar-refractivity contribution < 1.29 is 0 Å². The van der Waals surface area contributed by atoms with E-state index >= 15 is 0 Å². The van der Waals surface area contributed by atoms with Gasteiger partial charge in [-0.15, -0.1) is 24.0 Å². The number of aromatic nitrogens is 1. The summed E-state index contributed by atoms with van der Waals surface area (Å²) in [5.74, 6) is 1.00. The zero-order chi connectivity index (χ0) is 16.3. The van der Waals surface area contributed by atoms with E-state index in [2.05, 4.69) is 38.8 Å². The molecule has 126 valence electrons. The lowest BCUT2D eigenvalue weighted by atomic mass is 10.2. The number of guanidine groups is 1. The highest BCUT2D eigenvalue weighted by atomic mass is 127. The molecule has 2 rings (SSSR count).